The van der Waals surface area contributed by atoms with Crippen LogP contribution in [0.15, 0.2) is 18.2 Å². The van der Waals surface area contributed by atoms with Gasteiger partial charge in [-0.3, -0.25) is 0 Å². The highest BCUT2D eigenvalue weighted by molar-refractivity contribution is 5.86. The van der Waals surface area contributed by atoms with Crippen LogP contribution in [0.4, 0.5) is 4.79 Å². The van der Waals surface area contributed by atoms with Crippen LogP contribution in [-0.2, 0) is 11.2 Å². The van der Waals surface area contributed by atoms with Gasteiger partial charge in [-0.1, -0.05) is 0 Å². The molecule has 0 unspecified atom stereocenters. The van der Waals surface area contributed by atoms with Gasteiger partial charge in [0.25, 0.3) is 0 Å². The van der Waals surface area contributed by atoms with Crippen molar-refractivity contribution in [1.29, 1.82) is 0 Å². The lowest BCUT2D eigenvalue weighted by Gasteiger charge is -2.19. The minimum Gasteiger partial charge on any atom is -0.497 e. The number of alkyl carbamates (subject to hydrolysis) is 1. The van der Waals surface area contributed by atoms with Gasteiger partial charge in [-0.25, -0.2) is 4.79 Å². The number of carbonyl (C=O) groups is 1. The van der Waals surface area contributed by atoms with E-state index in [2.05, 4.69) is 10.3 Å². The average Bonchev–Trinajstić information content (AvgIpc) is 2.72. The summed E-state index contributed by atoms with van der Waals surface area (Å²) in [6.45, 7) is 8.11. The van der Waals surface area contributed by atoms with E-state index in [1.807, 2.05) is 45.9 Å². The van der Waals surface area contributed by atoms with Crippen LogP contribution < -0.4 is 10.1 Å². The second kappa shape index (κ2) is 6.30. The first kappa shape index (κ1) is 16.2. The zero-order valence-corrected chi connectivity index (χ0v) is 13.9. The van der Waals surface area contributed by atoms with Crippen LogP contribution in [-0.4, -0.2) is 30.3 Å². The van der Waals surface area contributed by atoms with Crippen molar-refractivity contribution >= 4 is 17.0 Å². The number of methoxy groups -OCH3 is 1. The van der Waals surface area contributed by atoms with E-state index < -0.39 is 5.60 Å². The van der Waals surface area contributed by atoms with E-state index in [4.69, 9.17) is 9.47 Å². The van der Waals surface area contributed by atoms with Crippen LogP contribution in [0.3, 0.4) is 0 Å². The van der Waals surface area contributed by atoms with E-state index in [1.54, 1.807) is 7.11 Å². The molecule has 2 rings (SSSR count). The standard InChI is InChI=1S/C17H24N2O3/c1-11-13(8-9-18-16(20)22-17(2,3)4)14-10-12(21-5)6-7-15(14)19-11/h6-7,10,19H,8-9H2,1-5H3,(H,18,20). The maximum atomic E-state index is 11.7. The van der Waals surface area contributed by atoms with Crippen LogP contribution in [0.25, 0.3) is 10.9 Å². The van der Waals surface area contributed by atoms with Gasteiger partial charge in [0.2, 0.25) is 0 Å². The number of carbonyl (C=O) groups excluding carboxylic acids is 1. The first-order valence-electron chi connectivity index (χ1n) is 7.42. The van der Waals surface area contributed by atoms with Gasteiger partial charge >= 0.3 is 6.09 Å². The number of aryl methyl sites for hydroxylation is 1. The van der Waals surface area contributed by atoms with E-state index in [0.717, 1.165) is 28.8 Å². The Morgan fingerprint density at radius 1 is 1.32 bits per heavy atom. The second-order valence-corrected chi connectivity index (χ2v) is 6.32. The maximum absolute atomic E-state index is 11.7. The van der Waals surface area contributed by atoms with Crippen molar-refractivity contribution in [3.8, 4) is 5.75 Å². The number of H-pyrrole nitrogens is 1. The first-order valence-corrected chi connectivity index (χ1v) is 7.42. The topological polar surface area (TPSA) is 63.3 Å². The molecule has 22 heavy (non-hydrogen) atoms. The zero-order chi connectivity index (χ0) is 16.3. The summed E-state index contributed by atoms with van der Waals surface area (Å²) in [7, 11) is 1.66. The van der Waals surface area contributed by atoms with Crippen LogP contribution in [0.1, 0.15) is 32.0 Å². The molecule has 1 amide bonds. The Balaban J connectivity index is 2.05. The number of hydrogen-bond acceptors (Lipinski definition) is 3. The van der Waals surface area contributed by atoms with E-state index in [1.165, 1.54) is 5.56 Å². The number of nitrogens with one attached hydrogen (secondary N) is 2. The molecule has 0 saturated carbocycles. The Morgan fingerprint density at radius 3 is 2.68 bits per heavy atom. The second-order valence-electron chi connectivity index (χ2n) is 6.32. The van der Waals surface area contributed by atoms with Crippen molar-refractivity contribution < 1.29 is 14.3 Å². The van der Waals surface area contributed by atoms with E-state index in [-0.39, 0.29) is 6.09 Å². The van der Waals surface area contributed by atoms with Crippen molar-refractivity contribution in [2.75, 3.05) is 13.7 Å². The molecule has 5 heteroatoms. The molecule has 2 aromatic rings. The van der Waals surface area contributed by atoms with Crippen molar-refractivity contribution in [2.45, 2.75) is 39.7 Å². The lowest BCUT2D eigenvalue weighted by Crippen LogP contribution is -2.33. The molecule has 0 spiro atoms. The van der Waals surface area contributed by atoms with Gasteiger partial charge in [0.1, 0.15) is 11.4 Å². The fraction of sp³-hybridized carbons (Fsp3) is 0.471. The fourth-order valence-electron chi connectivity index (χ4n) is 2.41. The molecule has 1 aromatic heterocycles. The van der Waals surface area contributed by atoms with Crippen molar-refractivity contribution in [2.24, 2.45) is 0 Å². The van der Waals surface area contributed by atoms with Gasteiger partial charge in [-0.15, -0.1) is 0 Å². The third-order valence-corrected chi connectivity index (χ3v) is 3.37. The minimum absolute atomic E-state index is 0.387. The predicted molar refractivity (Wildman–Crippen MR) is 87.5 cm³/mol. The van der Waals surface area contributed by atoms with Gasteiger partial charge in [0, 0.05) is 23.1 Å². The Labute approximate surface area is 131 Å². The predicted octanol–water partition coefficient (Wildman–Crippen LogP) is 3.55. The molecular formula is C17H24N2O3. The number of benzene rings is 1. The van der Waals surface area contributed by atoms with E-state index in [9.17, 15) is 4.79 Å². The molecule has 0 aliphatic rings. The molecule has 0 radical (unpaired) electrons. The highest BCUT2D eigenvalue weighted by Gasteiger charge is 2.16. The van der Waals surface area contributed by atoms with Gasteiger partial charge < -0.3 is 19.8 Å². The lowest BCUT2D eigenvalue weighted by atomic mass is 10.1. The number of amides is 1. The molecule has 2 N–H and O–H groups in total. The van der Waals surface area contributed by atoms with E-state index in [0.29, 0.717) is 6.54 Å². The summed E-state index contributed by atoms with van der Waals surface area (Å²) >= 11 is 0. The number of fused-ring (bicyclic) bond motifs is 1. The summed E-state index contributed by atoms with van der Waals surface area (Å²) in [4.78, 5) is 15.0. The number of aromatic nitrogens is 1. The molecule has 0 bridgehead atoms. The van der Waals surface area contributed by atoms with Gasteiger partial charge in [-0.05, 0) is 57.9 Å². The third-order valence-electron chi connectivity index (χ3n) is 3.37. The van der Waals surface area contributed by atoms with Crippen molar-refractivity contribution in [3.05, 3.63) is 29.5 Å². The number of hydrogen-bond donors (Lipinski definition) is 2. The monoisotopic (exact) mass is 304 g/mol. The van der Waals surface area contributed by atoms with Crippen molar-refractivity contribution in [3.63, 3.8) is 0 Å². The molecule has 5 nitrogen and oxygen atoms in total. The molecule has 0 saturated heterocycles. The van der Waals surface area contributed by atoms with Gasteiger partial charge in [0.15, 0.2) is 0 Å². The Morgan fingerprint density at radius 2 is 2.05 bits per heavy atom. The third kappa shape index (κ3) is 3.93. The number of ether oxygens (including phenoxy) is 2. The summed E-state index contributed by atoms with van der Waals surface area (Å²) in [5.74, 6) is 0.827. The minimum atomic E-state index is -0.478. The Bertz CT molecular complexity index is 668. The maximum Gasteiger partial charge on any atom is 0.407 e. The van der Waals surface area contributed by atoms with Crippen LogP contribution in [0.5, 0.6) is 5.75 Å². The molecule has 0 aliphatic carbocycles. The number of aromatic amines is 1. The molecule has 0 aliphatic heterocycles. The highest BCUT2D eigenvalue weighted by atomic mass is 16.6. The molecule has 0 fully saturated rings. The molecular weight excluding hydrogens is 280 g/mol. The van der Waals surface area contributed by atoms with Gasteiger partial charge in [-0.2, -0.15) is 0 Å². The summed E-state index contributed by atoms with van der Waals surface area (Å²) in [5, 5.41) is 3.92. The Hall–Kier alpha value is -2.17. The normalized spacial score (nSPS) is 11.5. The van der Waals surface area contributed by atoms with E-state index >= 15 is 0 Å². The molecule has 120 valence electrons. The molecule has 1 aromatic carbocycles. The Kier molecular flexibility index (Phi) is 4.64. The lowest BCUT2D eigenvalue weighted by molar-refractivity contribution is 0.0528. The SMILES string of the molecule is COc1ccc2[nH]c(C)c(CCNC(=O)OC(C)(C)C)c2c1. The zero-order valence-electron chi connectivity index (χ0n) is 13.9. The highest BCUT2D eigenvalue weighted by Crippen LogP contribution is 2.26. The molecule has 0 atom stereocenters. The first-order chi connectivity index (χ1) is 10.3. The smallest absolute Gasteiger partial charge is 0.407 e. The number of rotatable bonds is 4. The summed E-state index contributed by atoms with van der Waals surface area (Å²) < 4.78 is 10.5. The fourth-order valence-corrected chi connectivity index (χ4v) is 2.41. The van der Waals surface area contributed by atoms with Crippen LogP contribution in [0.2, 0.25) is 0 Å². The summed E-state index contributed by atoms with van der Waals surface area (Å²) in [6.07, 6.45) is 0.348. The summed E-state index contributed by atoms with van der Waals surface area (Å²) in [6, 6.07) is 5.95. The van der Waals surface area contributed by atoms with Gasteiger partial charge in [0.05, 0.1) is 7.11 Å². The molecule has 1 heterocycles. The quantitative estimate of drug-likeness (QED) is 0.908. The van der Waals surface area contributed by atoms with Crippen LogP contribution in [0, 0.1) is 6.92 Å². The van der Waals surface area contributed by atoms with Crippen molar-refractivity contribution in [1.82, 2.24) is 10.3 Å². The largest absolute Gasteiger partial charge is 0.497 e. The van der Waals surface area contributed by atoms with Crippen LogP contribution >= 0.6 is 0 Å². The average molecular weight is 304 g/mol. The summed E-state index contributed by atoms with van der Waals surface area (Å²) in [5.41, 5.74) is 2.89.